The maximum atomic E-state index is 12.7. The minimum absolute atomic E-state index is 0.0548. The molecule has 0 bridgehead atoms. The quantitative estimate of drug-likeness (QED) is 0.0264. The molecule has 0 rings (SSSR count). The third-order valence-electron chi connectivity index (χ3n) is 13.4. The summed E-state index contributed by atoms with van der Waals surface area (Å²) in [6.07, 6.45) is 77.1. The van der Waals surface area contributed by atoms with Crippen LogP contribution in [0.2, 0.25) is 0 Å². The van der Waals surface area contributed by atoms with Gasteiger partial charge in [0.25, 0.3) is 0 Å². The Labute approximate surface area is 456 Å². The Bertz CT molecular complexity index is 1440. The van der Waals surface area contributed by atoms with E-state index >= 15 is 0 Å². The van der Waals surface area contributed by atoms with Gasteiger partial charge in [-0.1, -0.05) is 286 Å². The normalized spacial score (nSPS) is 13.5. The van der Waals surface area contributed by atoms with Crippen LogP contribution in [0.25, 0.3) is 0 Å². The number of rotatable bonds is 58. The molecule has 0 aromatic carbocycles. The zero-order valence-electron chi connectivity index (χ0n) is 48.1. The van der Waals surface area contributed by atoms with Crippen LogP contribution in [0.4, 0.5) is 0 Å². The van der Waals surface area contributed by atoms with E-state index in [1.165, 1.54) is 186 Å². The van der Waals surface area contributed by atoms with Gasteiger partial charge in [-0.15, -0.1) is 0 Å². The van der Waals surface area contributed by atoms with E-state index in [1.807, 2.05) is 0 Å². The molecule has 3 N–H and O–H groups in total. The van der Waals surface area contributed by atoms with E-state index in [0.717, 1.165) is 70.6 Å². The highest BCUT2D eigenvalue weighted by atomic mass is 31.2. The first-order valence-electron chi connectivity index (χ1n) is 30.9. The van der Waals surface area contributed by atoms with Gasteiger partial charge in [0.1, 0.15) is 6.61 Å². The lowest BCUT2D eigenvalue weighted by molar-refractivity contribution is -0.161. The molecule has 2 atom stereocenters. The fourth-order valence-electron chi connectivity index (χ4n) is 8.82. The van der Waals surface area contributed by atoms with Gasteiger partial charge in [0.15, 0.2) is 6.10 Å². The van der Waals surface area contributed by atoms with Crippen LogP contribution in [-0.2, 0) is 32.7 Å². The van der Waals surface area contributed by atoms with Crippen molar-refractivity contribution in [3.63, 3.8) is 0 Å². The summed E-state index contributed by atoms with van der Waals surface area (Å²) in [6.45, 7) is 3.65. The second kappa shape index (κ2) is 59.7. The number of nitrogens with two attached hydrogens (primary N) is 1. The first kappa shape index (κ1) is 71.5. The average Bonchev–Trinajstić information content (AvgIpc) is 3.39. The van der Waals surface area contributed by atoms with Crippen LogP contribution in [0, 0.1) is 0 Å². The Balaban J connectivity index is 3.75. The van der Waals surface area contributed by atoms with Gasteiger partial charge in [-0.25, -0.2) is 4.57 Å². The molecular formula is C64H116NO8P. The predicted molar refractivity (Wildman–Crippen MR) is 316 cm³/mol. The van der Waals surface area contributed by atoms with E-state index in [-0.39, 0.29) is 38.6 Å². The van der Waals surface area contributed by atoms with E-state index in [9.17, 15) is 19.0 Å². The number of phosphoric ester groups is 1. The van der Waals surface area contributed by atoms with Gasteiger partial charge >= 0.3 is 19.8 Å². The molecule has 0 aliphatic carbocycles. The number of carbonyl (C=O) groups is 2. The maximum Gasteiger partial charge on any atom is 0.472 e. The van der Waals surface area contributed by atoms with Crippen molar-refractivity contribution in [3.05, 3.63) is 72.9 Å². The van der Waals surface area contributed by atoms with Crippen molar-refractivity contribution in [1.82, 2.24) is 0 Å². The first-order valence-corrected chi connectivity index (χ1v) is 32.4. The van der Waals surface area contributed by atoms with Crippen molar-refractivity contribution in [2.45, 2.75) is 296 Å². The summed E-state index contributed by atoms with van der Waals surface area (Å²) in [4.78, 5) is 35.1. The first-order chi connectivity index (χ1) is 36.3. The Kier molecular flexibility index (Phi) is 57.6. The Morgan fingerprint density at radius 2 is 0.743 bits per heavy atom. The molecule has 0 fully saturated rings. The highest BCUT2D eigenvalue weighted by Crippen LogP contribution is 2.43. The molecule has 0 aliphatic rings. The van der Waals surface area contributed by atoms with Crippen LogP contribution in [0.3, 0.4) is 0 Å². The Hall–Kier alpha value is -2.55. The number of carbonyl (C=O) groups excluding carboxylic acids is 2. The third kappa shape index (κ3) is 58.7. The monoisotopic (exact) mass is 1060 g/mol. The number of hydrogen-bond acceptors (Lipinski definition) is 8. The summed E-state index contributed by atoms with van der Waals surface area (Å²) in [5, 5.41) is 0. The van der Waals surface area contributed by atoms with E-state index in [1.54, 1.807) is 0 Å². The van der Waals surface area contributed by atoms with Gasteiger partial charge < -0.3 is 20.1 Å². The highest BCUT2D eigenvalue weighted by molar-refractivity contribution is 7.47. The van der Waals surface area contributed by atoms with Gasteiger partial charge in [0, 0.05) is 19.4 Å². The molecule has 0 spiro atoms. The molecule has 430 valence electrons. The van der Waals surface area contributed by atoms with Crippen molar-refractivity contribution in [3.8, 4) is 0 Å². The molecule has 0 radical (unpaired) electrons. The molecule has 0 saturated heterocycles. The number of esters is 2. The van der Waals surface area contributed by atoms with Gasteiger partial charge in [0.2, 0.25) is 0 Å². The molecule has 0 aromatic rings. The van der Waals surface area contributed by atoms with Gasteiger partial charge in [-0.3, -0.25) is 18.6 Å². The second-order valence-corrected chi connectivity index (χ2v) is 22.0. The fraction of sp³-hybridized carbons (Fsp3) is 0.781. The van der Waals surface area contributed by atoms with E-state index in [2.05, 4.69) is 86.8 Å². The van der Waals surface area contributed by atoms with Crippen LogP contribution in [0.15, 0.2) is 72.9 Å². The summed E-state index contributed by atoms with van der Waals surface area (Å²) in [7, 11) is -4.38. The Morgan fingerprint density at radius 1 is 0.419 bits per heavy atom. The lowest BCUT2D eigenvalue weighted by Gasteiger charge is -2.19. The van der Waals surface area contributed by atoms with Crippen LogP contribution in [-0.4, -0.2) is 49.3 Å². The highest BCUT2D eigenvalue weighted by Gasteiger charge is 2.26. The van der Waals surface area contributed by atoms with Crippen LogP contribution < -0.4 is 5.73 Å². The van der Waals surface area contributed by atoms with Crippen LogP contribution in [0.5, 0.6) is 0 Å². The van der Waals surface area contributed by atoms with Gasteiger partial charge in [-0.05, 0) is 64.2 Å². The van der Waals surface area contributed by atoms with Crippen LogP contribution in [0.1, 0.15) is 290 Å². The molecule has 10 heteroatoms. The van der Waals surface area contributed by atoms with Crippen molar-refractivity contribution in [1.29, 1.82) is 0 Å². The molecule has 0 saturated carbocycles. The third-order valence-corrected chi connectivity index (χ3v) is 14.3. The lowest BCUT2D eigenvalue weighted by Crippen LogP contribution is -2.29. The summed E-state index contributed by atoms with van der Waals surface area (Å²) >= 11 is 0. The minimum Gasteiger partial charge on any atom is -0.462 e. The summed E-state index contributed by atoms with van der Waals surface area (Å²) < 4.78 is 33.0. The van der Waals surface area contributed by atoms with E-state index in [0.29, 0.717) is 6.42 Å². The summed E-state index contributed by atoms with van der Waals surface area (Å²) in [5.41, 5.74) is 5.37. The molecule has 0 aromatic heterocycles. The largest absolute Gasteiger partial charge is 0.472 e. The number of unbranched alkanes of at least 4 members (excludes halogenated alkanes) is 33. The molecular weight excluding hydrogens is 942 g/mol. The molecule has 0 amide bonds. The fourth-order valence-corrected chi connectivity index (χ4v) is 9.58. The standard InChI is InChI=1S/C64H116NO8P/c1-3-5-7-9-11-13-15-17-18-19-20-21-22-23-24-25-26-27-28-29-30-31-32-33-34-35-36-37-38-39-40-41-42-43-44-45-47-49-51-53-55-57-64(67)73-62(61-72-74(68,69)71-59-58-65)60-70-63(66)56-54-52-50-48-46-16-14-12-10-8-6-4-2/h5,7,11,13,17-18,20-21,23-24,26-27,62H,3-4,6,8-10,12,14-16,19,22,25,28-61,65H2,1-2H3,(H,68,69)/b7-5-,13-11-,18-17-,21-20-,24-23-,27-26-. The number of ether oxygens (including phenoxy) is 2. The van der Waals surface area contributed by atoms with Gasteiger partial charge in [0.05, 0.1) is 13.2 Å². The second-order valence-electron chi connectivity index (χ2n) is 20.6. The SMILES string of the molecule is CC/C=C\C/C=C\C/C=C\C/C=C\C/C=C\C/C=C\CCCCCCCCCCCCCCCCCCCCCCCCC(=O)OC(COC(=O)CCCCCCCCCCCCCC)COP(=O)(O)OCCN. The van der Waals surface area contributed by atoms with Crippen molar-refractivity contribution in [2.24, 2.45) is 5.73 Å². The summed E-state index contributed by atoms with van der Waals surface area (Å²) in [6, 6.07) is 0. The average molecular weight is 1060 g/mol. The lowest BCUT2D eigenvalue weighted by atomic mass is 10.0. The van der Waals surface area contributed by atoms with E-state index in [4.69, 9.17) is 24.3 Å². The minimum atomic E-state index is -4.38. The van der Waals surface area contributed by atoms with Crippen LogP contribution >= 0.6 is 7.82 Å². The maximum absolute atomic E-state index is 12.7. The number of allylic oxidation sites excluding steroid dienone is 12. The molecule has 2 unspecified atom stereocenters. The number of phosphoric acid groups is 1. The van der Waals surface area contributed by atoms with E-state index < -0.39 is 26.5 Å². The zero-order chi connectivity index (χ0) is 53.8. The van der Waals surface area contributed by atoms with Gasteiger partial charge in [-0.2, -0.15) is 0 Å². The number of hydrogen-bond donors (Lipinski definition) is 2. The van der Waals surface area contributed by atoms with Crippen molar-refractivity contribution >= 4 is 19.8 Å². The molecule has 0 aliphatic heterocycles. The summed E-state index contributed by atoms with van der Waals surface area (Å²) in [5.74, 6) is -0.815. The predicted octanol–water partition coefficient (Wildman–Crippen LogP) is 19.7. The molecule has 9 nitrogen and oxygen atoms in total. The van der Waals surface area contributed by atoms with Crippen molar-refractivity contribution in [2.75, 3.05) is 26.4 Å². The van der Waals surface area contributed by atoms with Crippen molar-refractivity contribution < 1.29 is 37.6 Å². The Morgan fingerprint density at radius 3 is 1.11 bits per heavy atom. The molecule has 0 heterocycles. The topological polar surface area (TPSA) is 134 Å². The smallest absolute Gasteiger partial charge is 0.462 e. The molecule has 74 heavy (non-hydrogen) atoms. The zero-order valence-corrected chi connectivity index (χ0v) is 49.0.